The second-order valence-electron chi connectivity index (χ2n) is 7.56. The van der Waals surface area contributed by atoms with E-state index < -0.39 is 0 Å². The van der Waals surface area contributed by atoms with Crippen molar-refractivity contribution in [2.24, 2.45) is 20.7 Å². The molecule has 0 bridgehead atoms. The minimum absolute atomic E-state index is 0.715. The zero-order valence-corrected chi connectivity index (χ0v) is 19.8. The Morgan fingerprint density at radius 2 is 1.97 bits per heavy atom. The number of allylic oxidation sites excluding steroid dienone is 3. The number of H-pyrrole nitrogens is 1. The highest BCUT2D eigenvalue weighted by molar-refractivity contribution is 6.11. The van der Waals surface area contributed by atoms with Gasteiger partial charge >= 0.3 is 0 Å². The summed E-state index contributed by atoms with van der Waals surface area (Å²) in [7, 11) is 0. The van der Waals surface area contributed by atoms with Crippen molar-refractivity contribution in [2.75, 3.05) is 13.1 Å². The highest BCUT2D eigenvalue weighted by atomic mass is 15.0. The molecule has 1 aromatic heterocycles. The van der Waals surface area contributed by atoms with Crippen LogP contribution in [0.25, 0.3) is 10.9 Å². The molecule has 0 aliphatic rings. The lowest BCUT2D eigenvalue weighted by Gasteiger charge is -2.12. The maximum Gasteiger partial charge on any atom is 0.152 e. The summed E-state index contributed by atoms with van der Waals surface area (Å²) >= 11 is 0. The zero-order valence-electron chi connectivity index (χ0n) is 19.8. The van der Waals surface area contributed by atoms with Crippen molar-refractivity contribution < 1.29 is 0 Å². The molecule has 6 nitrogen and oxygen atoms in total. The van der Waals surface area contributed by atoms with E-state index in [4.69, 9.17) is 15.7 Å². The van der Waals surface area contributed by atoms with E-state index in [1.165, 1.54) is 10.9 Å². The van der Waals surface area contributed by atoms with Crippen LogP contribution < -0.4 is 11.1 Å². The Kier molecular flexibility index (Phi) is 10.2. The molecule has 1 aromatic carbocycles. The third kappa shape index (κ3) is 7.08. The van der Waals surface area contributed by atoms with Gasteiger partial charge in [0.2, 0.25) is 0 Å². The maximum absolute atomic E-state index is 5.84. The quantitative estimate of drug-likeness (QED) is 0.270. The molecule has 0 saturated carbocycles. The number of fused-ring (bicyclic) bond motifs is 1. The van der Waals surface area contributed by atoms with E-state index in [1.54, 1.807) is 6.20 Å². The van der Waals surface area contributed by atoms with Crippen molar-refractivity contribution in [3.8, 4) is 0 Å². The summed E-state index contributed by atoms with van der Waals surface area (Å²) in [6, 6.07) is 8.34. The van der Waals surface area contributed by atoms with Gasteiger partial charge in [0.1, 0.15) is 5.84 Å². The van der Waals surface area contributed by atoms with Gasteiger partial charge < -0.3 is 16.0 Å². The molecular weight excluding hydrogens is 396 g/mol. The number of aromatic amines is 1. The van der Waals surface area contributed by atoms with Gasteiger partial charge in [0.15, 0.2) is 5.84 Å². The van der Waals surface area contributed by atoms with Crippen LogP contribution in [0.5, 0.6) is 0 Å². The lowest BCUT2D eigenvalue weighted by atomic mass is 10.1. The Hall–Kier alpha value is -3.41. The number of benzene rings is 1. The molecule has 4 N–H and O–H groups in total. The first-order chi connectivity index (χ1) is 15.5. The highest BCUT2D eigenvalue weighted by Crippen LogP contribution is 2.18. The van der Waals surface area contributed by atoms with E-state index in [0.717, 1.165) is 59.8 Å². The number of aliphatic imine (C=N–C) groups is 3. The Morgan fingerprint density at radius 1 is 1.19 bits per heavy atom. The van der Waals surface area contributed by atoms with Crippen molar-refractivity contribution in [3.63, 3.8) is 0 Å². The SMILES string of the molecule is C=N\C(C)=C/C=C(CC)/C(=N/CCC)/N=C(NCCc1c[nH]c2ccccc12)\C(C)=C\N. The van der Waals surface area contributed by atoms with Crippen LogP contribution in [0.15, 0.2) is 80.6 Å². The van der Waals surface area contributed by atoms with Crippen LogP contribution in [0.2, 0.25) is 0 Å². The monoisotopic (exact) mass is 432 g/mol. The van der Waals surface area contributed by atoms with E-state index in [0.29, 0.717) is 6.54 Å². The summed E-state index contributed by atoms with van der Waals surface area (Å²) in [5.74, 6) is 1.46. The molecule has 0 aliphatic heterocycles. The fourth-order valence-electron chi connectivity index (χ4n) is 3.16. The van der Waals surface area contributed by atoms with Gasteiger partial charge in [-0.15, -0.1) is 0 Å². The van der Waals surface area contributed by atoms with Crippen LogP contribution >= 0.6 is 0 Å². The fraction of sp³-hybridized carbons (Fsp3) is 0.346. The van der Waals surface area contributed by atoms with Crippen molar-refractivity contribution >= 4 is 29.3 Å². The number of rotatable bonds is 10. The van der Waals surface area contributed by atoms with Crippen molar-refractivity contribution in [1.29, 1.82) is 0 Å². The number of nitrogens with one attached hydrogen (secondary N) is 2. The number of hydrogen-bond donors (Lipinski definition) is 3. The molecule has 0 spiro atoms. The lowest BCUT2D eigenvalue weighted by Crippen LogP contribution is -2.28. The first kappa shape index (κ1) is 24.9. The van der Waals surface area contributed by atoms with Gasteiger partial charge in [-0.25, -0.2) is 4.99 Å². The van der Waals surface area contributed by atoms with Crippen LogP contribution in [-0.4, -0.2) is 36.5 Å². The molecule has 0 unspecified atom stereocenters. The van der Waals surface area contributed by atoms with Crippen LogP contribution in [0.3, 0.4) is 0 Å². The van der Waals surface area contributed by atoms with Crippen LogP contribution in [0.4, 0.5) is 0 Å². The predicted molar refractivity (Wildman–Crippen MR) is 140 cm³/mol. The molecule has 0 atom stereocenters. The number of hydrogen-bond acceptors (Lipinski definition) is 3. The van der Waals surface area contributed by atoms with Gasteiger partial charge in [-0.3, -0.25) is 9.98 Å². The molecule has 1 heterocycles. The van der Waals surface area contributed by atoms with Crippen molar-refractivity contribution in [3.05, 3.63) is 71.2 Å². The summed E-state index contributed by atoms with van der Waals surface area (Å²) in [6.45, 7) is 13.1. The van der Waals surface area contributed by atoms with Gasteiger partial charge in [-0.05, 0) is 63.1 Å². The summed E-state index contributed by atoms with van der Waals surface area (Å²) in [4.78, 5) is 16.9. The number of nitrogens with two attached hydrogens (primary N) is 1. The normalized spacial score (nSPS) is 14.2. The van der Waals surface area contributed by atoms with Crippen molar-refractivity contribution in [1.82, 2.24) is 10.3 Å². The summed E-state index contributed by atoms with van der Waals surface area (Å²) in [6.07, 6.45) is 10.2. The molecule has 32 heavy (non-hydrogen) atoms. The van der Waals surface area contributed by atoms with E-state index in [9.17, 15) is 0 Å². The summed E-state index contributed by atoms with van der Waals surface area (Å²) in [5, 5.41) is 4.72. The molecular formula is C26H36N6. The minimum atomic E-state index is 0.715. The van der Waals surface area contributed by atoms with E-state index in [-0.39, 0.29) is 0 Å². The number of nitrogens with zero attached hydrogens (tertiary/aromatic N) is 3. The highest BCUT2D eigenvalue weighted by Gasteiger charge is 2.09. The van der Waals surface area contributed by atoms with Gasteiger partial charge in [-0.1, -0.05) is 38.1 Å². The Balaban J connectivity index is 2.28. The molecule has 0 radical (unpaired) electrons. The van der Waals surface area contributed by atoms with Crippen LogP contribution in [0, 0.1) is 0 Å². The molecule has 0 amide bonds. The van der Waals surface area contributed by atoms with E-state index >= 15 is 0 Å². The Morgan fingerprint density at radius 3 is 2.66 bits per heavy atom. The molecule has 0 aliphatic carbocycles. The summed E-state index contributed by atoms with van der Waals surface area (Å²) < 4.78 is 0. The fourth-order valence-corrected chi connectivity index (χ4v) is 3.16. The van der Waals surface area contributed by atoms with Crippen molar-refractivity contribution in [2.45, 2.75) is 47.0 Å². The average Bonchev–Trinajstić information content (AvgIpc) is 3.23. The van der Waals surface area contributed by atoms with Crippen LogP contribution in [0.1, 0.15) is 46.1 Å². The van der Waals surface area contributed by atoms with Gasteiger partial charge in [0.25, 0.3) is 0 Å². The minimum Gasteiger partial charge on any atom is -0.404 e. The number of para-hydroxylation sites is 1. The molecule has 6 heteroatoms. The van der Waals surface area contributed by atoms with E-state index in [1.807, 2.05) is 32.1 Å². The second kappa shape index (κ2) is 13.1. The molecule has 170 valence electrons. The molecule has 0 saturated heterocycles. The Bertz CT molecular complexity index is 1050. The van der Waals surface area contributed by atoms with Crippen LogP contribution in [-0.2, 0) is 6.42 Å². The largest absolute Gasteiger partial charge is 0.404 e. The maximum atomic E-state index is 5.84. The lowest BCUT2D eigenvalue weighted by molar-refractivity contribution is 0.868. The van der Waals surface area contributed by atoms with E-state index in [2.05, 4.69) is 60.3 Å². The smallest absolute Gasteiger partial charge is 0.152 e. The van der Waals surface area contributed by atoms with Gasteiger partial charge in [-0.2, -0.15) is 0 Å². The first-order valence-corrected chi connectivity index (χ1v) is 11.2. The molecule has 2 rings (SSSR count). The van der Waals surface area contributed by atoms with Gasteiger partial charge in [0.05, 0.1) is 0 Å². The number of aromatic nitrogens is 1. The standard InChI is InChI=1S/C26H36N6/c1-6-15-29-26(21(7-2)13-12-20(4)28-5)32-25(19(3)17-27)30-16-14-22-18-31-24-11-9-8-10-23(22)24/h8-13,17-18,31H,5-7,14-16,27H2,1-4H3,(H,29,30,32)/b19-17+,20-12-,21-13+. The average molecular weight is 433 g/mol. The van der Waals surface area contributed by atoms with Gasteiger partial charge in [0, 0.05) is 47.7 Å². The Labute approximate surface area is 191 Å². The predicted octanol–water partition coefficient (Wildman–Crippen LogP) is 5.31. The summed E-state index contributed by atoms with van der Waals surface area (Å²) in [5.41, 5.74) is 11.0. The topological polar surface area (TPSA) is 90.9 Å². The zero-order chi connectivity index (χ0) is 23.3. The molecule has 2 aromatic rings. The second-order valence-corrected chi connectivity index (χ2v) is 7.56. The third-order valence-corrected chi connectivity index (χ3v) is 5.13. The number of amidine groups is 2. The first-order valence-electron chi connectivity index (χ1n) is 11.2. The molecule has 0 fully saturated rings. The third-order valence-electron chi connectivity index (χ3n) is 5.13.